The van der Waals surface area contributed by atoms with Crippen LogP contribution >= 0.6 is 0 Å². The molecule has 0 spiro atoms. The van der Waals surface area contributed by atoms with Gasteiger partial charge in [-0.1, -0.05) is 12.1 Å². The number of imidazole rings is 1. The molecule has 0 amide bonds. The second kappa shape index (κ2) is 8.47. The molecule has 0 radical (unpaired) electrons. The second-order valence-electron chi connectivity index (χ2n) is 7.43. The summed E-state index contributed by atoms with van der Waals surface area (Å²) in [5.41, 5.74) is -1.45. The number of anilines is 1. The zero-order valence-electron chi connectivity index (χ0n) is 17.9. The van der Waals surface area contributed by atoms with Crippen LogP contribution in [0.15, 0.2) is 65.8 Å². The summed E-state index contributed by atoms with van der Waals surface area (Å²) in [6.07, 6.45) is 3.08. The molecule has 0 aliphatic heterocycles. The van der Waals surface area contributed by atoms with E-state index in [-0.39, 0.29) is 16.2 Å². The summed E-state index contributed by atoms with van der Waals surface area (Å²) >= 11 is 0. The first-order valence-electron chi connectivity index (χ1n) is 10.1. The molecule has 0 aliphatic carbocycles. The number of benzene rings is 3. The number of ether oxygens (including phenoxy) is 1. The summed E-state index contributed by atoms with van der Waals surface area (Å²) in [6, 6.07) is 9.94. The number of halogens is 3. The van der Waals surface area contributed by atoms with Gasteiger partial charge in [0.1, 0.15) is 22.8 Å². The predicted molar refractivity (Wildman–Crippen MR) is 123 cm³/mol. The fraction of sp³-hybridized carbons (Fsp3) is 0.0435. The quantitative estimate of drug-likeness (QED) is 0.309. The van der Waals surface area contributed by atoms with Crippen molar-refractivity contribution in [2.45, 2.75) is 4.90 Å². The van der Waals surface area contributed by atoms with Crippen molar-refractivity contribution in [3.63, 3.8) is 0 Å². The van der Waals surface area contributed by atoms with Gasteiger partial charge in [-0.15, -0.1) is 0 Å². The molecule has 3 N–H and O–H groups in total. The van der Waals surface area contributed by atoms with Crippen LogP contribution in [-0.4, -0.2) is 35.7 Å². The number of methoxy groups -OCH3 is 1. The van der Waals surface area contributed by atoms with Crippen molar-refractivity contribution < 1.29 is 26.3 Å². The molecule has 178 valence electrons. The van der Waals surface area contributed by atoms with Crippen molar-refractivity contribution in [3.8, 4) is 28.4 Å². The average molecular weight is 499 g/mol. The van der Waals surface area contributed by atoms with E-state index >= 15 is 8.78 Å². The highest BCUT2D eigenvalue weighted by Gasteiger charge is 2.25. The molecule has 0 saturated carbocycles. The number of aromatic nitrogens is 4. The highest BCUT2D eigenvalue weighted by molar-refractivity contribution is 7.92. The number of sulfonamides is 1. The SMILES string of the molecule is COc1cccc(S(=O)(=O)Nc2ccc(F)c(-c3ccc4c(-c5ncc[nH]5)n[nH]c4c3F)c2F)c1. The Balaban J connectivity index is 1.58. The van der Waals surface area contributed by atoms with E-state index in [0.29, 0.717) is 16.9 Å². The first kappa shape index (κ1) is 22.5. The Morgan fingerprint density at radius 1 is 1.03 bits per heavy atom. The summed E-state index contributed by atoms with van der Waals surface area (Å²) in [4.78, 5) is 6.74. The Bertz CT molecular complexity index is 1670. The summed E-state index contributed by atoms with van der Waals surface area (Å²) < 4.78 is 78.2. The van der Waals surface area contributed by atoms with Gasteiger partial charge in [-0.3, -0.25) is 9.82 Å². The summed E-state index contributed by atoms with van der Waals surface area (Å²) in [5.74, 6) is -2.65. The monoisotopic (exact) mass is 499 g/mol. The molecule has 8 nitrogen and oxygen atoms in total. The minimum Gasteiger partial charge on any atom is -0.497 e. The molecule has 3 aromatic carbocycles. The molecular formula is C23H16F3N5O3S. The Hall–Kier alpha value is -4.32. The zero-order chi connectivity index (χ0) is 24.7. The molecule has 0 aliphatic rings. The van der Waals surface area contributed by atoms with Crippen LogP contribution in [0.25, 0.3) is 33.5 Å². The molecule has 0 atom stereocenters. The fourth-order valence-electron chi connectivity index (χ4n) is 3.67. The largest absolute Gasteiger partial charge is 0.497 e. The Morgan fingerprint density at radius 3 is 2.60 bits per heavy atom. The number of hydrogen-bond acceptors (Lipinski definition) is 5. The van der Waals surface area contributed by atoms with Crippen molar-refractivity contribution >= 4 is 26.6 Å². The highest BCUT2D eigenvalue weighted by atomic mass is 32.2. The van der Waals surface area contributed by atoms with Gasteiger partial charge in [0.05, 0.1) is 23.3 Å². The zero-order valence-corrected chi connectivity index (χ0v) is 18.8. The lowest BCUT2D eigenvalue weighted by atomic mass is 10.0. The molecule has 0 fully saturated rings. The highest BCUT2D eigenvalue weighted by Crippen LogP contribution is 2.37. The number of H-pyrrole nitrogens is 2. The van der Waals surface area contributed by atoms with Gasteiger partial charge in [0.25, 0.3) is 10.0 Å². The van der Waals surface area contributed by atoms with Crippen LogP contribution in [0, 0.1) is 17.5 Å². The van der Waals surface area contributed by atoms with E-state index in [1.165, 1.54) is 43.6 Å². The van der Waals surface area contributed by atoms with Crippen molar-refractivity contribution in [2.24, 2.45) is 0 Å². The molecule has 0 unspecified atom stereocenters. The normalized spacial score (nSPS) is 11.7. The van der Waals surface area contributed by atoms with E-state index in [9.17, 15) is 12.8 Å². The first-order chi connectivity index (χ1) is 16.8. The maximum atomic E-state index is 15.4. The van der Waals surface area contributed by atoms with Crippen molar-refractivity contribution in [2.75, 3.05) is 11.8 Å². The molecular weight excluding hydrogens is 483 g/mol. The summed E-state index contributed by atoms with van der Waals surface area (Å²) in [6.45, 7) is 0. The number of aromatic amines is 2. The van der Waals surface area contributed by atoms with Crippen LogP contribution in [0.3, 0.4) is 0 Å². The Kier molecular flexibility index (Phi) is 5.44. The van der Waals surface area contributed by atoms with Crippen molar-refractivity contribution in [1.82, 2.24) is 20.2 Å². The molecule has 0 saturated heterocycles. The summed E-state index contributed by atoms with van der Waals surface area (Å²) in [7, 11) is -2.89. The van der Waals surface area contributed by atoms with Crippen LogP contribution in [0.1, 0.15) is 0 Å². The van der Waals surface area contributed by atoms with Gasteiger partial charge in [-0.05, 0) is 30.3 Å². The van der Waals surface area contributed by atoms with Gasteiger partial charge in [-0.25, -0.2) is 26.6 Å². The van der Waals surface area contributed by atoms with Gasteiger partial charge >= 0.3 is 0 Å². The lowest BCUT2D eigenvalue weighted by molar-refractivity contribution is 0.413. The van der Waals surface area contributed by atoms with Gasteiger partial charge in [0.2, 0.25) is 0 Å². The molecule has 2 heterocycles. The third kappa shape index (κ3) is 3.87. The average Bonchev–Trinajstić information content (AvgIpc) is 3.52. The van der Waals surface area contributed by atoms with Crippen LogP contribution in [0.2, 0.25) is 0 Å². The van der Waals surface area contributed by atoms with E-state index in [1.54, 1.807) is 12.3 Å². The minimum absolute atomic E-state index is 0.0879. The third-order valence-electron chi connectivity index (χ3n) is 5.36. The summed E-state index contributed by atoms with van der Waals surface area (Å²) in [5, 5.41) is 6.91. The third-order valence-corrected chi connectivity index (χ3v) is 6.72. The lowest BCUT2D eigenvalue weighted by Gasteiger charge is -2.14. The van der Waals surface area contributed by atoms with E-state index in [0.717, 1.165) is 12.1 Å². The molecule has 35 heavy (non-hydrogen) atoms. The van der Waals surface area contributed by atoms with Crippen LogP contribution in [0.5, 0.6) is 5.75 Å². The molecule has 5 aromatic rings. The smallest absolute Gasteiger partial charge is 0.262 e. The van der Waals surface area contributed by atoms with Gasteiger partial charge in [0.15, 0.2) is 17.5 Å². The predicted octanol–water partition coefficient (Wildman–Crippen LogP) is 4.85. The van der Waals surface area contributed by atoms with Gasteiger partial charge in [0, 0.05) is 29.4 Å². The maximum Gasteiger partial charge on any atom is 0.262 e. The van der Waals surface area contributed by atoms with Crippen molar-refractivity contribution in [3.05, 3.63) is 78.4 Å². The number of nitrogens with one attached hydrogen (secondary N) is 3. The minimum atomic E-state index is -4.26. The molecule has 5 rings (SSSR count). The van der Waals surface area contributed by atoms with E-state index in [4.69, 9.17) is 4.74 Å². The van der Waals surface area contributed by atoms with Crippen LogP contribution in [0.4, 0.5) is 18.9 Å². The van der Waals surface area contributed by atoms with Gasteiger partial charge in [-0.2, -0.15) is 5.10 Å². The second-order valence-corrected chi connectivity index (χ2v) is 9.11. The standard InChI is InChI=1S/C23H16F3N5O3S/c1-34-12-3-2-4-13(11-12)35(32,33)31-17-8-7-16(24)18(20(17)26)14-5-6-15-21(19(14)25)29-30-22(15)23-27-9-10-28-23/h2-11,31H,1H3,(H,27,28)(H,29,30). The lowest BCUT2D eigenvalue weighted by Crippen LogP contribution is -2.14. The fourth-order valence-corrected chi connectivity index (χ4v) is 4.77. The Labute approximate surface area is 196 Å². The maximum absolute atomic E-state index is 15.4. The van der Waals surface area contributed by atoms with Crippen molar-refractivity contribution in [1.29, 1.82) is 0 Å². The van der Waals surface area contributed by atoms with Crippen LogP contribution < -0.4 is 9.46 Å². The van der Waals surface area contributed by atoms with E-state index < -0.39 is 44.3 Å². The van der Waals surface area contributed by atoms with E-state index in [2.05, 4.69) is 24.9 Å². The molecule has 0 bridgehead atoms. The van der Waals surface area contributed by atoms with E-state index in [1.807, 2.05) is 0 Å². The Morgan fingerprint density at radius 2 is 1.86 bits per heavy atom. The number of nitrogens with zero attached hydrogens (tertiary/aromatic N) is 2. The number of hydrogen-bond donors (Lipinski definition) is 3. The number of rotatable bonds is 6. The van der Waals surface area contributed by atoms with Gasteiger partial charge < -0.3 is 9.72 Å². The topological polar surface area (TPSA) is 113 Å². The van der Waals surface area contributed by atoms with Crippen LogP contribution in [-0.2, 0) is 10.0 Å². The number of fused-ring (bicyclic) bond motifs is 1. The molecule has 2 aromatic heterocycles. The first-order valence-corrected chi connectivity index (χ1v) is 11.6. The molecule has 12 heteroatoms.